The quantitative estimate of drug-likeness (QED) is 0.375. The number of likely N-dealkylation sites (tertiary alicyclic amines) is 1. The summed E-state index contributed by atoms with van der Waals surface area (Å²) in [5.41, 5.74) is 0.530. The van der Waals surface area contributed by atoms with Gasteiger partial charge in [0.15, 0.2) is 0 Å². The summed E-state index contributed by atoms with van der Waals surface area (Å²) in [5, 5.41) is 15.8. The highest BCUT2D eigenvalue weighted by molar-refractivity contribution is 9.09. The number of nitrogens with zero attached hydrogens (tertiary/aromatic N) is 2. The van der Waals surface area contributed by atoms with Crippen LogP contribution in [0.4, 0.5) is 11.4 Å². The van der Waals surface area contributed by atoms with Crippen molar-refractivity contribution in [2.45, 2.75) is 69.2 Å². The minimum atomic E-state index is -1.14. The molecular formula is C26H37BrN4O5. The number of halogens is 1. The molecule has 0 radical (unpaired) electrons. The standard InChI is InChI=1S/C26H37BrN4O5/c1-5-12-28-23(33)19-20-25(35)31(15(4)14-32)22(26(20)13-18(27)21(19)36-26)24(34)29-16-8-10-17(11-9-16)30(6-2)7-3/h8-11,15,18-22,32H,5-7,12-14H2,1-4H3,(H,28,33)(H,29,34)/t15-,18?,19-,20+,21-,22?,26?/m1/s1. The van der Waals surface area contributed by atoms with E-state index in [1.54, 1.807) is 6.92 Å². The third-order valence-corrected chi connectivity index (χ3v) is 8.67. The molecule has 3 aliphatic heterocycles. The number of aliphatic hydroxyl groups is 1. The first-order valence-corrected chi connectivity index (χ1v) is 13.8. The van der Waals surface area contributed by atoms with E-state index < -0.39 is 35.6 Å². The van der Waals surface area contributed by atoms with Crippen molar-refractivity contribution in [3.8, 4) is 0 Å². The lowest BCUT2D eigenvalue weighted by molar-refractivity contribution is -0.143. The summed E-state index contributed by atoms with van der Waals surface area (Å²) in [7, 11) is 0. The minimum absolute atomic E-state index is 0.160. The molecule has 3 aliphatic rings. The van der Waals surface area contributed by atoms with Crippen LogP contribution in [0.25, 0.3) is 0 Å². The lowest BCUT2D eigenvalue weighted by Crippen LogP contribution is -2.56. The molecule has 9 nitrogen and oxygen atoms in total. The molecule has 198 valence electrons. The van der Waals surface area contributed by atoms with Gasteiger partial charge in [-0.15, -0.1) is 0 Å². The van der Waals surface area contributed by atoms with Gasteiger partial charge in [-0.3, -0.25) is 14.4 Å². The number of anilines is 2. The van der Waals surface area contributed by atoms with Crippen LogP contribution in [0, 0.1) is 11.8 Å². The Morgan fingerprint density at radius 1 is 1.22 bits per heavy atom. The Kier molecular flexibility index (Phi) is 7.97. The number of nitrogens with one attached hydrogen (secondary N) is 2. The molecule has 2 bridgehead atoms. The first kappa shape index (κ1) is 26.9. The maximum atomic E-state index is 13.8. The van der Waals surface area contributed by atoms with E-state index in [4.69, 9.17) is 4.74 Å². The maximum absolute atomic E-state index is 13.8. The average Bonchev–Trinajstić information content (AvgIpc) is 3.47. The summed E-state index contributed by atoms with van der Waals surface area (Å²) in [4.78, 5) is 44.2. The highest BCUT2D eigenvalue weighted by Gasteiger charge is 2.76. The molecule has 4 rings (SSSR count). The summed E-state index contributed by atoms with van der Waals surface area (Å²) >= 11 is 3.66. The van der Waals surface area contributed by atoms with Crippen molar-refractivity contribution in [2.75, 3.05) is 36.5 Å². The van der Waals surface area contributed by atoms with Crippen molar-refractivity contribution in [1.29, 1.82) is 0 Å². The van der Waals surface area contributed by atoms with Gasteiger partial charge in [-0.2, -0.15) is 0 Å². The minimum Gasteiger partial charge on any atom is -0.394 e. The second kappa shape index (κ2) is 10.7. The van der Waals surface area contributed by atoms with Gasteiger partial charge in [0.05, 0.1) is 30.6 Å². The number of hydrogen-bond donors (Lipinski definition) is 3. The molecule has 3 fully saturated rings. The molecule has 1 spiro atoms. The highest BCUT2D eigenvalue weighted by atomic mass is 79.9. The number of aliphatic hydroxyl groups excluding tert-OH is 1. The van der Waals surface area contributed by atoms with Crippen LogP contribution in [-0.2, 0) is 19.1 Å². The fourth-order valence-electron chi connectivity index (χ4n) is 6.15. The fourth-order valence-corrected chi connectivity index (χ4v) is 7.09. The van der Waals surface area contributed by atoms with Gasteiger partial charge >= 0.3 is 0 Å². The van der Waals surface area contributed by atoms with Crippen LogP contribution in [0.5, 0.6) is 0 Å². The average molecular weight is 566 g/mol. The molecule has 3 N–H and O–H groups in total. The summed E-state index contributed by atoms with van der Waals surface area (Å²) in [5.74, 6) is -2.38. The molecule has 1 aromatic carbocycles. The number of hydrogen-bond acceptors (Lipinski definition) is 6. The molecule has 3 unspecified atom stereocenters. The topological polar surface area (TPSA) is 111 Å². The van der Waals surface area contributed by atoms with Gasteiger partial charge < -0.3 is 30.3 Å². The van der Waals surface area contributed by atoms with Gasteiger partial charge in [0, 0.05) is 35.8 Å². The zero-order chi connectivity index (χ0) is 26.2. The predicted octanol–water partition coefficient (Wildman–Crippen LogP) is 2.13. The summed E-state index contributed by atoms with van der Waals surface area (Å²) in [6.07, 6.45) is 0.710. The number of carbonyl (C=O) groups excluding carboxylic acids is 3. The monoisotopic (exact) mass is 564 g/mol. The molecule has 1 aromatic rings. The zero-order valence-corrected chi connectivity index (χ0v) is 23.0. The van der Waals surface area contributed by atoms with Crippen molar-refractivity contribution in [3.63, 3.8) is 0 Å². The molecule has 3 saturated heterocycles. The predicted molar refractivity (Wildman–Crippen MR) is 141 cm³/mol. The van der Waals surface area contributed by atoms with Gasteiger partial charge in [0.2, 0.25) is 17.7 Å². The molecule has 0 saturated carbocycles. The third-order valence-electron chi connectivity index (χ3n) is 7.83. The first-order chi connectivity index (χ1) is 17.2. The number of alkyl halides is 1. The van der Waals surface area contributed by atoms with Crippen LogP contribution in [-0.4, -0.2) is 82.6 Å². The Balaban J connectivity index is 1.65. The summed E-state index contributed by atoms with van der Waals surface area (Å²) in [6.45, 7) is 9.81. The third kappa shape index (κ3) is 4.31. The molecule has 3 amide bonds. The van der Waals surface area contributed by atoms with E-state index in [-0.39, 0.29) is 29.2 Å². The van der Waals surface area contributed by atoms with E-state index in [1.807, 2.05) is 31.2 Å². The summed E-state index contributed by atoms with van der Waals surface area (Å²) < 4.78 is 6.44. The van der Waals surface area contributed by atoms with Gasteiger partial charge in [0.25, 0.3) is 0 Å². The molecule has 0 aromatic heterocycles. The van der Waals surface area contributed by atoms with Crippen molar-refractivity contribution in [3.05, 3.63) is 24.3 Å². The normalized spacial score (nSPS) is 31.3. The smallest absolute Gasteiger partial charge is 0.250 e. The Morgan fingerprint density at radius 3 is 2.47 bits per heavy atom. The van der Waals surface area contributed by atoms with E-state index >= 15 is 0 Å². The number of carbonyl (C=O) groups is 3. The lowest BCUT2D eigenvalue weighted by atomic mass is 9.70. The first-order valence-electron chi connectivity index (χ1n) is 12.9. The Morgan fingerprint density at radius 2 is 1.89 bits per heavy atom. The van der Waals surface area contributed by atoms with Gasteiger partial charge in [-0.1, -0.05) is 22.9 Å². The van der Waals surface area contributed by atoms with Gasteiger partial charge in [-0.05, 0) is 57.9 Å². The Labute approximate surface area is 221 Å². The van der Waals surface area contributed by atoms with Crippen molar-refractivity contribution in [2.24, 2.45) is 11.8 Å². The van der Waals surface area contributed by atoms with E-state index in [1.165, 1.54) is 4.90 Å². The van der Waals surface area contributed by atoms with Crippen LogP contribution in [0.3, 0.4) is 0 Å². The zero-order valence-electron chi connectivity index (χ0n) is 21.4. The van der Waals surface area contributed by atoms with Crippen LogP contribution >= 0.6 is 15.9 Å². The lowest BCUT2D eigenvalue weighted by Gasteiger charge is -2.35. The summed E-state index contributed by atoms with van der Waals surface area (Å²) in [6, 6.07) is 6.04. The number of ether oxygens (including phenoxy) is 1. The van der Waals surface area contributed by atoms with Crippen molar-refractivity contribution < 1.29 is 24.2 Å². The second-order valence-corrected chi connectivity index (χ2v) is 11.1. The molecular weight excluding hydrogens is 528 g/mol. The van der Waals surface area contributed by atoms with E-state index in [9.17, 15) is 19.5 Å². The number of fused-ring (bicyclic) bond motifs is 1. The number of benzene rings is 1. The van der Waals surface area contributed by atoms with E-state index in [2.05, 4.69) is 45.3 Å². The second-order valence-electron chi connectivity index (χ2n) is 9.94. The largest absolute Gasteiger partial charge is 0.394 e. The highest BCUT2D eigenvalue weighted by Crippen LogP contribution is 2.60. The van der Waals surface area contributed by atoms with Gasteiger partial charge in [-0.25, -0.2) is 0 Å². The fraction of sp³-hybridized carbons (Fsp3) is 0.654. The van der Waals surface area contributed by atoms with Crippen molar-refractivity contribution in [1.82, 2.24) is 10.2 Å². The molecule has 10 heteroatoms. The van der Waals surface area contributed by atoms with Crippen LogP contribution in [0.1, 0.15) is 40.5 Å². The van der Waals surface area contributed by atoms with E-state index in [0.29, 0.717) is 18.7 Å². The number of amides is 3. The maximum Gasteiger partial charge on any atom is 0.250 e. The molecule has 36 heavy (non-hydrogen) atoms. The SMILES string of the molecule is CCCNC(=O)[C@H]1[C@@H]2OC3(CC2Br)C(C(=O)Nc2ccc(N(CC)CC)cc2)N([C@H](C)CO)C(=O)[C@H]13. The number of rotatable bonds is 10. The van der Waals surface area contributed by atoms with Crippen LogP contribution in [0.2, 0.25) is 0 Å². The van der Waals surface area contributed by atoms with Crippen LogP contribution < -0.4 is 15.5 Å². The van der Waals surface area contributed by atoms with Gasteiger partial charge in [0.1, 0.15) is 11.6 Å². The molecule has 3 heterocycles. The Hall–Kier alpha value is -2.17. The Bertz CT molecular complexity index is 987. The molecule has 0 aliphatic carbocycles. The molecule has 7 atom stereocenters. The van der Waals surface area contributed by atoms with Crippen LogP contribution in [0.15, 0.2) is 24.3 Å². The van der Waals surface area contributed by atoms with E-state index in [0.717, 1.165) is 25.2 Å². The van der Waals surface area contributed by atoms with Crippen molar-refractivity contribution >= 4 is 45.0 Å².